The fourth-order valence-electron chi connectivity index (χ4n) is 2.40. The molecule has 0 saturated carbocycles. The molecule has 8 heteroatoms. The zero-order valence-corrected chi connectivity index (χ0v) is 15.3. The van der Waals surface area contributed by atoms with Crippen molar-refractivity contribution in [3.63, 3.8) is 0 Å². The second-order valence-electron chi connectivity index (χ2n) is 5.94. The summed E-state index contributed by atoms with van der Waals surface area (Å²) >= 11 is 0. The Labute approximate surface area is 151 Å². The number of hydrogen-bond donors (Lipinski definition) is 1. The topological polar surface area (TPSA) is 66.5 Å². The molecule has 0 aromatic heterocycles. The summed E-state index contributed by atoms with van der Waals surface area (Å²) in [6.45, 7) is 1.77. The van der Waals surface area contributed by atoms with Gasteiger partial charge in [-0.3, -0.25) is 9.10 Å². The Morgan fingerprint density at radius 1 is 1.12 bits per heavy atom. The lowest BCUT2D eigenvalue weighted by atomic mass is 10.1. The SMILES string of the molecule is Cc1ccc(CC(=O)NCCN(c2ccc(F)cc2F)S(C)(=O)=O)cc1. The lowest BCUT2D eigenvalue weighted by molar-refractivity contribution is -0.120. The Morgan fingerprint density at radius 2 is 1.77 bits per heavy atom. The highest BCUT2D eigenvalue weighted by Crippen LogP contribution is 2.22. The first-order valence-corrected chi connectivity index (χ1v) is 9.76. The van der Waals surface area contributed by atoms with Crippen molar-refractivity contribution < 1.29 is 22.0 Å². The molecule has 0 spiro atoms. The molecule has 0 aliphatic carbocycles. The predicted molar refractivity (Wildman–Crippen MR) is 96.4 cm³/mol. The first-order valence-electron chi connectivity index (χ1n) is 7.92. The Kier molecular flexibility index (Phi) is 6.31. The maximum Gasteiger partial charge on any atom is 0.232 e. The summed E-state index contributed by atoms with van der Waals surface area (Å²) in [6.07, 6.45) is 1.08. The summed E-state index contributed by atoms with van der Waals surface area (Å²) in [5.41, 5.74) is 1.65. The van der Waals surface area contributed by atoms with E-state index in [-0.39, 0.29) is 31.1 Å². The van der Waals surface area contributed by atoms with Gasteiger partial charge in [-0.15, -0.1) is 0 Å². The van der Waals surface area contributed by atoms with E-state index in [1.807, 2.05) is 31.2 Å². The molecule has 0 fully saturated rings. The first-order chi connectivity index (χ1) is 12.2. The Hall–Kier alpha value is -2.48. The van der Waals surface area contributed by atoms with Crippen LogP contribution in [0.25, 0.3) is 0 Å². The van der Waals surface area contributed by atoms with E-state index < -0.39 is 21.7 Å². The quantitative estimate of drug-likeness (QED) is 0.800. The van der Waals surface area contributed by atoms with Gasteiger partial charge in [0.1, 0.15) is 11.6 Å². The highest BCUT2D eigenvalue weighted by molar-refractivity contribution is 7.92. The average Bonchev–Trinajstić information content (AvgIpc) is 2.54. The molecule has 5 nitrogen and oxygen atoms in total. The maximum atomic E-state index is 13.9. The van der Waals surface area contributed by atoms with Gasteiger partial charge in [-0.05, 0) is 24.6 Å². The van der Waals surface area contributed by atoms with Gasteiger partial charge in [0.05, 0.1) is 24.9 Å². The predicted octanol–water partition coefficient (Wildman–Crippen LogP) is 2.40. The van der Waals surface area contributed by atoms with Crippen LogP contribution >= 0.6 is 0 Å². The Balaban J connectivity index is 1.99. The number of nitrogens with zero attached hydrogens (tertiary/aromatic N) is 1. The molecule has 0 bridgehead atoms. The monoisotopic (exact) mass is 382 g/mol. The molecule has 0 atom stereocenters. The molecule has 1 amide bonds. The van der Waals surface area contributed by atoms with Crippen molar-refractivity contribution in [1.29, 1.82) is 0 Å². The van der Waals surface area contributed by atoms with Crippen LogP contribution in [-0.2, 0) is 21.2 Å². The van der Waals surface area contributed by atoms with Crippen molar-refractivity contribution in [3.8, 4) is 0 Å². The van der Waals surface area contributed by atoms with Gasteiger partial charge in [-0.2, -0.15) is 0 Å². The minimum absolute atomic E-state index is 0.00538. The second-order valence-corrected chi connectivity index (χ2v) is 7.85. The minimum atomic E-state index is -3.80. The second kappa shape index (κ2) is 8.27. The van der Waals surface area contributed by atoms with Crippen LogP contribution in [0.3, 0.4) is 0 Å². The van der Waals surface area contributed by atoms with Crippen molar-refractivity contribution >= 4 is 21.6 Å². The number of aryl methyl sites for hydroxylation is 1. The molecule has 0 radical (unpaired) electrons. The molecule has 2 rings (SSSR count). The van der Waals surface area contributed by atoms with Gasteiger partial charge in [-0.1, -0.05) is 29.8 Å². The van der Waals surface area contributed by atoms with E-state index in [1.54, 1.807) is 0 Å². The fraction of sp³-hybridized carbons (Fsp3) is 0.278. The molecular weight excluding hydrogens is 362 g/mol. The van der Waals surface area contributed by atoms with Crippen molar-refractivity contribution in [2.75, 3.05) is 23.7 Å². The van der Waals surface area contributed by atoms with Crippen LogP contribution in [0.4, 0.5) is 14.5 Å². The third kappa shape index (κ3) is 5.52. The normalized spacial score (nSPS) is 11.2. The molecule has 140 valence electrons. The summed E-state index contributed by atoms with van der Waals surface area (Å²) in [4.78, 5) is 12.0. The van der Waals surface area contributed by atoms with Gasteiger partial charge < -0.3 is 5.32 Å². The van der Waals surface area contributed by atoms with Crippen LogP contribution in [-0.4, -0.2) is 33.7 Å². The van der Waals surface area contributed by atoms with Crippen LogP contribution in [0.15, 0.2) is 42.5 Å². The minimum Gasteiger partial charge on any atom is -0.354 e. The van der Waals surface area contributed by atoms with Crippen LogP contribution in [0, 0.1) is 18.6 Å². The number of carbonyl (C=O) groups excluding carboxylic acids is 1. The molecule has 26 heavy (non-hydrogen) atoms. The third-order valence-corrected chi connectivity index (χ3v) is 4.88. The van der Waals surface area contributed by atoms with Crippen LogP contribution in [0.5, 0.6) is 0 Å². The number of nitrogens with one attached hydrogen (secondary N) is 1. The van der Waals surface area contributed by atoms with E-state index >= 15 is 0 Å². The number of halogens is 2. The van der Waals surface area contributed by atoms with E-state index in [9.17, 15) is 22.0 Å². The summed E-state index contributed by atoms with van der Waals surface area (Å²) < 4.78 is 51.6. The van der Waals surface area contributed by atoms with Gasteiger partial charge in [0.25, 0.3) is 0 Å². The molecular formula is C18H20F2N2O3S. The number of sulfonamides is 1. The van der Waals surface area contributed by atoms with Crippen molar-refractivity contribution in [3.05, 3.63) is 65.2 Å². The van der Waals surface area contributed by atoms with E-state index in [4.69, 9.17) is 0 Å². The van der Waals surface area contributed by atoms with Crippen molar-refractivity contribution in [2.45, 2.75) is 13.3 Å². The molecule has 0 aliphatic heterocycles. The molecule has 2 aromatic rings. The van der Waals surface area contributed by atoms with Gasteiger partial charge in [-0.25, -0.2) is 17.2 Å². The van der Waals surface area contributed by atoms with E-state index in [0.29, 0.717) is 6.07 Å². The van der Waals surface area contributed by atoms with Crippen molar-refractivity contribution in [2.24, 2.45) is 0 Å². The van der Waals surface area contributed by atoms with E-state index in [2.05, 4.69) is 5.32 Å². The zero-order chi connectivity index (χ0) is 19.3. The zero-order valence-electron chi connectivity index (χ0n) is 14.5. The number of amides is 1. The first kappa shape index (κ1) is 19.8. The highest BCUT2D eigenvalue weighted by Gasteiger charge is 2.21. The lowest BCUT2D eigenvalue weighted by Gasteiger charge is -2.23. The number of anilines is 1. The van der Waals surface area contributed by atoms with E-state index in [1.165, 1.54) is 0 Å². The highest BCUT2D eigenvalue weighted by atomic mass is 32.2. The standard InChI is InChI=1S/C18H20F2N2O3S/c1-13-3-5-14(6-4-13)11-18(23)21-9-10-22(26(2,24)25)17-8-7-15(19)12-16(17)20/h3-8,12H,9-11H2,1-2H3,(H,21,23). The third-order valence-electron chi connectivity index (χ3n) is 3.70. The van der Waals surface area contributed by atoms with E-state index in [0.717, 1.165) is 33.8 Å². The summed E-state index contributed by atoms with van der Waals surface area (Å²) in [6, 6.07) is 10.1. The Morgan fingerprint density at radius 3 is 2.35 bits per heavy atom. The van der Waals surface area contributed by atoms with Crippen LogP contribution in [0.1, 0.15) is 11.1 Å². The van der Waals surface area contributed by atoms with Gasteiger partial charge in [0, 0.05) is 12.6 Å². The maximum absolute atomic E-state index is 13.9. The molecule has 0 saturated heterocycles. The molecule has 2 aromatic carbocycles. The lowest BCUT2D eigenvalue weighted by Crippen LogP contribution is -2.39. The average molecular weight is 382 g/mol. The molecule has 0 unspecified atom stereocenters. The van der Waals surface area contributed by atoms with Crippen LogP contribution in [0.2, 0.25) is 0 Å². The number of benzene rings is 2. The number of rotatable bonds is 7. The van der Waals surface area contributed by atoms with Gasteiger partial charge in [0.2, 0.25) is 15.9 Å². The largest absolute Gasteiger partial charge is 0.354 e. The van der Waals surface area contributed by atoms with Gasteiger partial charge in [0.15, 0.2) is 0 Å². The smallest absolute Gasteiger partial charge is 0.232 e. The fourth-order valence-corrected chi connectivity index (χ4v) is 3.33. The number of hydrogen-bond acceptors (Lipinski definition) is 3. The molecule has 1 N–H and O–H groups in total. The summed E-state index contributed by atoms with van der Waals surface area (Å²) in [5, 5.41) is 2.61. The summed E-state index contributed by atoms with van der Waals surface area (Å²) in [5.74, 6) is -2.06. The summed E-state index contributed by atoms with van der Waals surface area (Å²) in [7, 11) is -3.80. The number of carbonyl (C=O) groups is 1. The van der Waals surface area contributed by atoms with Crippen molar-refractivity contribution in [1.82, 2.24) is 5.32 Å². The van der Waals surface area contributed by atoms with Gasteiger partial charge >= 0.3 is 0 Å². The Bertz CT molecular complexity index is 884. The molecule has 0 aliphatic rings. The molecule has 0 heterocycles. The van der Waals surface area contributed by atoms with Crippen LogP contribution < -0.4 is 9.62 Å².